The second-order valence-electron chi connectivity index (χ2n) is 10.1. The van der Waals surface area contributed by atoms with Crippen LogP contribution in [0, 0.1) is 13.8 Å². The fourth-order valence-corrected chi connectivity index (χ4v) is 5.95. The number of carbonyl (C=O) groups is 2. The van der Waals surface area contributed by atoms with Crippen molar-refractivity contribution in [3.8, 4) is 0 Å². The minimum Gasteiger partial charge on any atom is -0.354 e. The smallest absolute Gasteiger partial charge is 0.244 e. The summed E-state index contributed by atoms with van der Waals surface area (Å²) in [5, 5.41) is 3.65. The van der Waals surface area contributed by atoms with E-state index in [9.17, 15) is 18.0 Å². The van der Waals surface area contributed by atoms with E-state index in [2.05, 4.69) is 5.32 Å². The number of anilines is 1. The summed E-state index contributed by atoms with van der Waals surface area (Å²) in [6.07, 6.45) is 3.01. The predicted molar refractivity (Wildman–Crippen MR) is 167 cm³/mol. The van der Waals surface area contributed by atoms with Gasteiger partial charge in [-0.15, -0.1) is 0 Å². The lowest BCUT2D eigenvalue weighted by atomic mass is 10.0. The molecule has 1 atom stereocenters. The van der Waals surface area contributed by atoms with Crippen molar-refractivity contribution in [3.63, 3.8) is 0 Å². The molecule has 3 aromatic carbocycles. The highest BCUT2D eigenvalue weighted by Gasteiger charge is 2.33. The van der Waals surface area contributed by atoms with Gasteiger partial charge in [-0.1, -0.05) is 91.1 Å². The van der Waals surface area contributed by atoms with E-state index >= 15 is 0 Å². The standard InChI is InChI=1S/C31H37Cl2N3O4S/c1-5-6-17-34-31(38)28(19-24-13-8-7-9-14-24)35(20-25-15-16-26(32)27(33)18-25)29(37)21-36(41(4,39)40)30-22(2)11-10-12-23(30)3/h7-16,18,28H,5-6,17,19-21H2,1-4H3,(H,34,38). The van der Waals surface area contributed by atoms with Crippen LogP contribution in [0.15, 0.2) is 66.7 Å². The third-order valence-corrected chi connectivity index (χ3v) is 8.66. The Morgan fingerprint density at radius 2 is 1.56 bits per heavy atom. The van der Waals surface area contributed by atoms with Gasteiger partial charge in [0.05, 0.1) is 22.0 Å². The summed E-state index contributed by atoms with van der Waals surface area (Å²) in [7, 11) is -3.85. The number of hydrogen-bond acceptors (Lipinski definition) is 4. The van der Waals surface area contributed by atoms with Gasteiger partial charge in [0.2, 0.25) is 21.8 Å². The fourth-order valence-electron chi connectivity index (χ4n) is 4.67. The maximum Gasteiger partial charge on any atom is 0.244 e. The van der Waals surface area contributed by atoms with Crippen LogP contribution in [0.5, 0.6) is 0 Å². The van der Waals surface area contributed by atoms with Crippen molar-refractivity contribution in [2.45, 2.75) is 52.6 Å². The molecule has 0 aliphatic carbocycles. The minimum absolute atomic E-state index is 0.0266. The van der Waals surface area contributed by atoms with Gasteiger partial charge in [0.1, 0.15) is 12.6 Å². The van der Waals surface area contributed by atoms with Crippen LogP contribution in [0.1, 0.15) is 42.0 Å². The molecule has 0 radical (unpaired) electrons. The zero-order valence-corrected chi connectivity index (χ0v) is 26.2. The normalized spacial score (nSPS) is 12.0. The lowest BCUT2D eigenvalue weighted by molar-refractivity contribution is -0.140. The number of unbranched alkanes of at least 4 members (excludes halogenated alkanes) is 1. The largest absolute Gasteiger partial charge is 0.354 e. The van der Waals surface area contributed by atoms with Crippen molar-refractivity contribution in [3.05, 3.63) is 99.0 Å². The van der Waals surface area contributed by atoms with Crippen LogP contribution in [-0.4, -0.2) is 50.5 Å². The zero-order chi connectivity index (χ0) is 30.2. The molecule has 41 heavy (non-hydrogen) atoms. The maximum atomic E-state index is 14.2. The number of para-hydroxylation sites is 1. The minimum atomic E-state index is -3.85. The van der Waals surface area contributed by atoms with Crippen LogP contribution >= 0.6 is 23.2 Å². The molecular weight excluding hydrogens is 581 g/mol. The second-order valence-corrected chi connectivity index (χ2v) is 12.9. The summed E-state index contributed by atoms with van der Waals surface area (Å²) in [6.45, 7) is 5.65. The number of aryl methyl sites for hydroxylation is 2. The highest BCUT2D eigenvalue weighted by atomic mass is 35.5. The number of benzene rings is 3. The number of nitrogens with one attached hydrogen (secondary N) is 1. The SMILES string of the molecule is CCCCNC(=O)C(Cc1ccccc1)N(Cc1ccc(Cl)c(Cl)c1)C(=O)CN(c1c(C)cccc1C)S(C)(=O)=O. The second kappa shape index (κ2) is 14.7. The monoisotopic (exact) mass is 617 g/mol. The number of nitrogens with zero attached hydrogens (tertiary/aromatic N) is 2. The Hall–Kier alpha value is -3.07. The van der Waals surface area contributed by atoms with Crippen molar-refractivity contribution < 1.29 is 18.0 Å². The molecule has 3 aromatic rings. The molecule has 0 bridgehead atoms. The van der Waals surface area contributed by atoms with E-state index in [1.54, 1.807) is 44.2 Å². The molecule has 1 unspecified atom stereocenters. The van der Waals surface area contributed by atoms with Crippen molar-refractivity contribution in [2.24, 2.45) is 0 Å². The molecule has 0 heterocycles. The number of sulfonamides is 1. The van der Waals surface area contributed by atoms with E-state index in [-0.39, 0.29) is 18.9 Å². The zero-order valence-electron chi connectivity index (χ0n) is 23.9. The summed E-state index contributed by atoms with van der Waals surface area (Å²) in [5.41, 5.74) is 3.41. The Kier molecular flexibility index (Phi) is 11.6. The van der Waals surface area contributed by atoms with E-state index in [0.29, 0.717) is 27.8 Å². The topological polar surface area (TPSA) is 86.8 Å². The molecule has 0 saturated heterocycles. The lowest BCUT2D eigenvalue weighted by Crippen LogP contribution is -2.53. The third-order valence-electron chi connectivity index (χ3n) is 6.81. The van der Waals surface area contributed by atoms with Crippen LogP contribution in [0.25, 0.3) is 0 Å². The molecule has 0 saturated carbocycles. The Bertz CT molecular complexity index is 1450. The van der Waals surface area contributed by atoms with E-state index in [4.69, 9.17) is 23.2 Å². The summed E-state index contributed by atoms with van der Waals surface area (Å²) in [6, 6.07) is 19.0. The summed E-state index contributed by atoms with van der Waals surface area (Å²) >= 11 is 12.4. The van der Waals surface area contributed by atoms with Gasteiger partial charge in [-0.05, 0) is 54.7 Å². The Morgan fingerprint density at radius 1 is 0.902 bits per heavy atom. The number of rotatable bonds is 13. The van der Waals surface area contributed by atoms with Crippen molar-refractivity contribution in [2.75, 3.05) is 23.7 Å². The van der Waals surface area contributed by atoms with Gasteiger partial charge in [0.15, 0.2) is 0 Å². The number of amides is 2. The van der Waals surface area contributed by atoms with E-state index < -0.39 is 28.5 Å². The molecule has 0 aliphatic heterocycles. The summed E-state index contributed by atoms with van der Waals surface area (Å²) in [5.74, 6) is -0.829. The molecule has 220 valence electrons. The van der Waals surface area contributed by atoms with Gasteiger partial charge in [0, 0.05) is 19.5 Å². The van der Waals surface area contributed by atoms with E-state index in [1.807, 2.05) is 43.3 Å². The fraction of sp³-hybridized carbons (Fsp3) is 0.355. The van der Waals surface area contributed by atoms with Crippen molar-refractivity contribution in [1.82, 2.24) is 10.2 Å². The average Bonchev–Trinajstić information content (AvgIpc) is 2.92. The van der Waals surface area contributed by atoms with E-state index in [0.717, 1.165) is 40.1 Å². The highest BCUT2D eigenvalue weighted by Crippen LogP contribution is 2.28. The van der Waals surface area contributed by atoms with Gasteiger partial charge < -0.3 is 10.2 Å². The molecule has 2 amide bonds. The Balaban J connectivity index is 2.09. The molecule has 0 spiro atoms. The predicted octanol–water partition coefficient (Wildman–Crippen LogP) is 5.93. The summed E-state index contributed by atoms with van der Waals surface area (Å²) < 4.78 is 27.2. The number of carbonyl (C=O) groups excluding carboxylic acids is 2. The Labute approximate surface area is 253 Å². The molecule has 1 N–H and O–H groups in total. The first-order valence-electron chi connectivity index (χ1n) is 13.5. The molecule has 0 aliphatic rings. The van der Waals surface area contributed by atoms with Gasteiger partial charge in [-0.25, -0.2) is 8.42 Å². The molecule has 7 nitrogen and oxygen atoms in total. The van der Waals surface area contributed by atoms with Gasteiger partial charge in [-0.3, -0.25) is 13.9 Å². The first-order chi connectivity index (χ1) is 19.4. The van der Waals surface area contributed by atoms with Gasteiger partial charge in [0.25, 0.3) is 0 Å². The van der Waals surface area contributed by atoms with Crippen molar-refractivity contribution >= 4 is 50.7 Å². The van der Waals surface area contributed by atoms with Crippen LogP contribution in [-0.2, 0) is 32.6 Å². The van der Waals surface area contributed by atoms with Gasteiger partial charge >= 0.3 is 0 Å². The quantitative estimate of drug-likeness (QED) is 0.241. The first kappa shape index (κ1) is 32.4. The lowest BCUT2D eigenvalue weighted by Gasteiger charge is -2.34. The number of halogens is 2. The van der Waals surface area contributed by atoms with Crippen LogP contribution in [0.2, 0.25) is 10.0 Å². The maximum absolute atomic E-state index is 14.2. The molecular formula is C31H37Cl2N3O4S. The van der Waals surface area contributed by atoms with E-state index in [1.165, 1.54) is 4.90 Å². The first-order valence-corrected chi connectivity index (χ1v) is 16.1. The molecule has 0 aromatic heterocycles. The third kappa shape index (κ3) is 8.96. The van der Waals surface area contributed by atoms with Crippen LogP contribution < -0.4 is 9.62 Å². The molecule has 3 rings (SSSR count). The highest BCUT2D eigenvalue weighted by molar-refractivity contribution is 7.92. The number of hydrogen-bond donors (Lipinski definition) is 1. The Morgan fingerprint density at radius 3 is 2.15 bits per heavy atom. The van der Waals surface area contributed by atoms with Crippen LogP contribution in [0.3, 0.4) is 0 Å². The molecule has 10 heteroatoms. The molecule has 0 fully saturated rings. The van der Waals surface area contributed by atoms with Crippen molar-refractivity contribution in [1.29, 1.82) is 0 Å². The average molecular weight is 619 g/mol. The van der Waals surface area contributed by atoms with Crippen LogP contribution in [0.4, 0.5) is 5.69 Å². The summed E-state index contributed by atoms with van der Waals surface area (Å²) in [4.78, 5) is 29.3. The van der Waals surface area contributed by atoms with Gasteiger partial charge in [-0.2, -0.15) is 0 Å².